The lowest BCUT2D eigenvalue weighted by atomic mass is 9.95. The lowest BCUT2D eigenvalue weighted by Crippen LogP contribution is -2.51. The third-order valence-corrected chi connectivity index (χ3v) is 3.98. The van der Waals surface area contributed by atoms with Crippen molar-refractivity contribution in [3.05, 3.63) is 0 Å². The van der Waals surface area contributed by atoms with Gasteiger partial charge in [0, 0.05) is 19.1 Å². The van der Waals surface area contributed by atoms with Gasteiger partial charge in [-0.25, -0.2) is 0 Å². The summed E-state index contributed by atoms with van der Waals surface area (Å²) in [5, 5.41) is 3.35. The van der Waals surface area contributed by atoms with Gasteiger partial charge in [0.15, 0.2) is 0 Å². The third kappa shape index (κ3) is 3.96. The molecule has 1 aliphatic carbocycles. The molecular formula is C13H25N3O. The van der Waals surface area contributed by atoms with Crippen LogP contribution in [0.4, 0.5) is 0 Å². The van der Waals surface area contributed by atoms with Crippen LogP contribution < -0.4 is 11.1 Å². The number of nitrogens with two attached hydrogens (primary N) is 1. The molecule has 2 unspecified atom stereocenters. The molecule has 3 N–H and O–H groups in total. The van der Waals surface area contributed by atoms with Gasteiger partial charge in [0.1, 0.15) is 0 Å². The molecule has 0 spiro atoms. The normalized spacial score (nSPS) is 27.9. The first-order valence-corrected chi connectivity index (χ1v) is 6.96. The van der Waals surface area contributed by atoms with E-state index in [0.29, 0.717) is 6.04 Å². The average molecular weight is 239 g/mol. The highest BCUT2D eigenvalue weighted by Crippen LogP contribution is 2.21. The Balaban J connectivity index is 1.81. The van der Waals surface area contributed by atoms with Crippen molar-refractivity contribution in [2.24, 2.45) is 11.7 Å². The molecule has 1 heterocycles. The lowest BCUT2D eigenvalue weighted by molar-refractivity contribution is -0.120. The van der Waals surface area contributed by atoms with Gasteiger partial charge in [-0.05, 0) is 38.1 Å². The van der Waals surface area contributed by atoms with Crippen molar-refractivity contribution in [1.29, 1.82) is 0 Å². The summed E-state index contributed by atoms with van der Waals surface area (Å²) in [7, 11) is 0. The van der Waals surface area contributed by atoms with Crippen molar-refractivity contribution in [2.45, 2.75) is 51.1 Å². The number of hydrogen-bond acceptors (Lipinski definition) is 3. The Kier molecular flexibility index (Phi) is 4.40. The quantitative estimate of drug-likeness (QED) is 0.718. The Morgan fingerprint density at radius 1 is 1.47 bits per heavy atom. The first-order chi connectivity index (χ1) is 8.19. The van der Waals surface area contributed by atoms with Crippen LogP contribution in [0.5, 0.6) is 0 Å². The smallest absolute Gasteiger partial charge is 0.235 e. The standard InChI is InChI=1S/C13H25N3O/c1-2-10-4-3-7-16(8-10)9-12(13(14)17)15-11-5-6-11/h10-12,15H,2-9H2,1H3,(H2,14,17). The van der Waals surface area contributed by atoms with E-state index in [-0.39, 0.29) is 11.9 Å². The molecule has 0 aromatic rings. The molecular weight excluding hydrogens is 214 g/mol. The number of piperidine rings is 1. The number of rotatable bonds is 6. The molecule has 2 rings (SSSR count). The van der Waals surface area contributed by atoms with E-state index in [1.807, 2.05) is 0 Å². The molecule has 0 aromatic carbocycles. The molecule has 1 amide bonds. The van der Waals surface area contributed by atoms with E-state index >= 15 is 0 Å². The molecule has 4 nitrogen and oxygen atoms in total. The third-order valence-electron chi connectivity index (χ3n) is 3.98. The molecule has 1 aliphatic heterocycles. The predicted molar refractivity (Wildman–Crippen MR) is 68.6 cm³/mol. The highest BCUT2D eigenvalue weighted by atomic mass is 16.1. The van der Waals surface area contributed by atoms with Crippen LogP contribution in [0, 0.1) is 5.92 Å². The van der Waals surface area contributed by atoms with Crippen LogP contribution in [-0.2, 0) is 4.79 Å². The van der Waals surface area contributed by atoms with Crippen LogP contribution in [0.25, 0.3) is 0 Å². The summed E-state index contributed by atoms with van der Waals surface area (Å²) in [4.78, 5) is 13.8. The number of hydrogen-bond donors (Lipinski definition) is 2. The Morgan fingerprint density at radius 2 is 2.24 bits per heavy atom. The Labute approximate surface area is 104 Å². The number of nitrogens with zero attached hydrogens (tertiary/aromatic N) is 1. The summed E-state index contributed by atoms with van der Waals surface area (Å²) < 4.78 is 0. The van der Waals surface area contributed by atoms with Crippen LogP contribution in [-0.4, -0.2) is 42.5 Å². The summed E-state index contributed by atoms with van der Waals surface area (Å²) in [6, 6.07) is 0.386. The highest BCUT2D eigenvalue weighted by molar-refractivity contribution is 5.80. The number of likely N-dealkylation sites (tertiary alicyclic amines) is 1. The molecule has 4 heteroatoms. The maximum atomic E-state index is 11.4. The average Bonchev–Trinajstić information content (AvgIpc) is 3.12. The first kappa shape index (κ1) is 12.8. The maximum Gasteiger partial charge on any atom is 0.235 e. The molecule has 98 valence electrons. The Hall–Kier alpha value is -0.610. The van der Waals surface area contributed by atoms with E-state index in [1.54, 1.807) is 0 Å². The maximum absolute atomic E-state index is 11.4. The molecule has 0 aromatic heterocycles. The van der Waals surface area contributed by atoms with E-state index < -0.39 is 0 Å². The fourth-order valence-corrected chi connectivity index (χ4v) is 2.67. The monoisotopic (exact) mass is 239 g/mol. The second kappa shape index (κ2) is 5.83. The van der Waals surface area contributed by atoms with Crippen molar-refractivity contribution < 1.29 is 4.79 Å². The molecule has 1 saturated heterocycles. The molecule has 17 heavy (non-hydrogen) atoms. The lowest BCUT2D eigenvalue weighted by Gasteiger charge is -2.34. The van der Waals surface area contributed by atoms with Gasteiger partial charge in [-0.2, -0.15) is 0 Å². The predicted octanol–water partition coefficient (Wildman–Crippen LogP) is 0.714. The van der Waals surface area contributed by atoms with Crippen LogP contribution >= 0.6 is 0 Å². The molecule has 2 fully saturated rings. The van der Waals surface area contributed by atoms with Crippen molar-refractivity contribution >= 4 is 5.91 Å². The zero-order valence-corrected chi connectivity index (χ0v) is 10.8. The minimum Gasteiger partial charge on any atom is -0.368 e. The van der Waals surface area contributed by atoms with Crippen molar-refractivity contribution in [3.8, 4) is 0 Å². The minimum absolute atomic E-state index is 0.155. The van der Waals surface area contributed by atoms with Crippen LogP contribution in [0.15, 0.2) is 0 Å². The minimum atomic E-state index is -0.199. The van der Waals surface area contributed by atoms with Crippen molar-refractivity contribution in [3.63, 3.8) is 0 Å². The van der Waals surface area contributed by atoms with Crippen LogP contribution in [0.3, 0.4) is 0 Å². The number of nitrogens with one attached hydrogen (secondary N) is 1. The topological polar surface area (TPSA) is 58.4 Å². The molecule has 2 aliphatic rings. The van der Waals surface area contributed by atoms with Crippen molar-refractivity contribution in [1.82, 2.24) is 10.2 Å². The van der Waals surface area contributed by atoms with Crippen LogP contribution in [0.1, 0.15) is 39.0 Å². The van der Waals surface area contributed by atoms with Gasteiger partial charge < -0.3 is 16.0 Å². The van der Waals surface area contributed by atoms with Gasteiger partial charge in [-0.1, -0.05) is 13.3 Å². The van der Waals surface area contributed by atoms with E-state index in [2.05, 4.69) is 17.1 Å². The zero-order chi connectivity index (χ0) is 12.3. The summed E-state index contributed by atoms with van der Waals surface area (Å²) in [6.45, 7) is 5.30. The Morgan fingerprint density at radius 3 is 2.82 bits per heavy atom. The SMILES string of the molecule is CCC1CCCN(CC(NC2CC2)C(N)=O)C1. The summed E-state index contributed by atoms with van der Waals surface area (Å²) in [5.41, 5.74) is 5.47. The fraction of sp³-hybridized carbons (Fsp3) is 0.923. The fourth-order valence-electron chi connectivity index (χ4n) is 2.67. The van der Waals surface area contributed by atoms with Gasteiger partial charge in [0.2, 0.25) is 5.91 Å². The number of carbonyl (C=O) groups is 1. The van der Waals surface area contributed by atoms with E-state index in [4.69, 9.17) is 5.73 Å². The zero-order valence-electron chi connectivity index (χ0n) is 10.8. The first-order valence-electron chi connectivity index (χ1n) is 6.96. The van der Waals surface area contributed by atoms with Crippen LogP contribution in [0.2, 0.25) is 0 Å². The van der Waals surface area contributed by atoms with Gasteiger partial charge in [0.25, 0.3) is 0 Å². The van der Waals surface area contributed by atoms with Gasteiger partial charge >= 0.3 is 0 Å². The number of amides is 1. The Bertz CT molecular complexity index is 265. The number of carbonyl (C=O) groups excluding carboxylic acids is 1. The molecule has 0 bridgehead atoms. The number of primary amides is 1. The molecule has 0 radical (unpaired) electrons. The summed E-state index contributed by atoms with van der Waals surface area (Å²) >= 11 is 0. The van der Waals surface area contributed by atoms with E-state index in [1.165, 1.54) is 32.1 Å². The summed E-state index contributed by atoms with van der Waals surface area (Å²) in [6.07, 6.45) is 6.23. The molecule has 2 atom stereocenters. The molecule has 1 saturated carbocycles. The van der Waals surface area contributed by atoms with Gasteiger partial charge in [0.05, 0.1) is 6.04 Å². The van der Waals surface area contributed by atoms with E-state index in [0.717, 1.165) is 25.6 Å². The van der Waals surface area contributed by atoms with Gasteiger partial charge in [-0.3, -0.25) is 4.79 Å². The highest BCUT2D eigenvalue weighted by Gasteiger charge is 2.29. The largest absolute Gasteiger partial charge is 0.368 e. The van der Waals surface area contributed by atoms with Crippen molar-refractivity contribution in [2.75, 3.05) is 19.6 Å². The summed E-state index contributed by atoms with van der Waals surface area (Å²) in [5.74, 6) is 0.605. The van der Waals surface area contributed by atoms with Gasteiger partial charge in [-0.15, -0.1) is 0 Å². The van der Waals surface area contributed by atoms with E-state index in [9.17, 15) is 4.79 Å². The second-order valence-electron chi connectivity index (χ2n) is 5.57. The second-order valence-corrected chi connectivity index (χ2v) is 5.57.